The van der Waals surface area contributed by atoms with E-state index in [1.54, 1.807) is 11.6 Å². The van der Waals surface area contributed by atoms with E-state index in [1.165, 1.54) is 11.3 Å². The van der Waals surface area contributed by atoms with Crippen LogP contribution in [-0.2, 0) is 0 Å². The molecule has 0 radical (unpaired) electrons. The van der Waals surface area contributed by atoms with Crippen LogP contribution in [0.3, 0.4) is 0 Å². The SMILES string of the molecule is CC(CO)CNc1ccc2scnc2c1[N+](=O)[O-]. The molecule has 0 aliphatic heterocycles. The van der Waals surface area contributed by atoms with Crippen molar-refractivity contribution in [3.05, 3.63) is 27.8 Å². The van der Waals surface area contributed by atoms with Crippen molar-refractivity contribution in [1.82, 2.24) is 4.98 Å². The van der Waals surface area contributed by atoms with Crippen LogP contribution in [0.15, 0.2) is 17.6 Å². The zero-order valence-electron chi connectivity index (χ0n) is 9.79. The second kappa shape index (κ2) is 5.28. The molecule has 1 aromatic carbocycles. The van der Waals surface area contributed by atoms with Gasteiger partial charge in [0.05, 0.1) is 15.1 Å². The quantitative estimate of drug-likeness (QED) is 0.640. The number of hydrogen-bond acceptors (Lipinski definition) is 6. The molecule has 1 aromatic heterocycles. The molecular formula is C11H13N3O3S. The summed E-state index contributed by atoms with van der Waals surface area (Å²) >= 11 is 1.37. The van der Waals surface area contributed by atoms with Gasteiger partial charge >= 0.3 is 5.69 Å². The Morgan fingerprint density at radius 2 is 2.39 bits per heavy atom. The lowest BCUT2D eigenvalue weighted by atomic mass is 10.2. The van der Waals surface area contributed by atoms with Gasteiger partial charge in [0.25, 0.3) is 0 Å². The molecule has 2 N–H and O–H groups in total. The average Bonchev–Trinajstić information content (AvgIpc) is 2.82. The number of aliphatic hydroxyl groups excluding tert-OH is 1. The predicted octanol–water partition coefficient (Wildman–Crippen LogP) is 2.24. The van der Waals surface area contributed by atoms with Gasteiger partial charge in [0.2, 0.25) is 0 Å². The minimum Gasteiger partial charge on any atom is -0.396 e. The number of nitro groups is 1. The van der Waals surface area contributed by atoms with Gasteiger partial charge in [-0.15, -0.1) is 11.3 Å². The van der Waals surface area contributed by atoms with Gasteiger partial charge in [-0.1, -0.05) is 6.92 Å². The molecule has 0 amide bonds. The number of fused-ring (bicyclic) bond motifs is 1. The fraction of sp³-hybridized carbons (Fsp3) is 0.364. The molecule has 1 unspecified atom stereocenters. The van der Waals surface area contributed by atoms with E-state index < -0.39 is 4.92 Å². The van der Waals surface area contributed by atoms with E-state index in [0.29, 0.717) is 17.7 Å². The van der Waals surface area contributed by atoms with Crippen molar-refractivity contribution in [3.8, 4) is 0 Å². The van der Waals surface area contributed by atoms with E-state index >= 15 is 0 Å². The summed E-state index contributed by atoms with van der Waals surface area (Å²) in [5.41, 5.74) is 2.45. The Hall–Kier alpha value is -1.73. The molecule has 1 atom stereocenters. The second-order valence-electron chi connectivity index (χ2n) is 4.09. The first-order valence-electron chi connectivity index (χ1n) is 5.48. The number of rotatable bonds is 5. The molecule has 0 saturated carbocycles. The normalized spacial score (nSPS) is 12.6. The minimum atomic E-state index is -0.423. The third-order valence-electron chi connectivity index (χ3n) is 2.61. The smallest absolute Gasteiger partial charge is 0.319 e. The summed E-state index contributed by atoms with van der Waals surface area (Å²) in [6.45, 7) is 2.38. The highest BCUT2D eigenvalue weighted by Gasteiger charge is 2.20. The van der Waals surface area contributed by atoms with E-state index in [1.807, 2.05) is 13.0 Å². The van der Waals surface area contributed by atoms with Gasteiger partial charge < -0.3 is 10.4 Å². The Kier molecular flexibility index (Phi) is 3.73. The Morgan fingerprint density at radius 3 is 3.06 bits per heavy atom. The number of nitro benzene ring substituents is 1. The zero-order valence-corrected chi connectivity index (χ0v) is 10.6. The number of nitrogens with one attached hydrogen (secondary N) is 1. The summed E-state index contributed by atoms with van der Waals surface area (Å²) in [6.07, 6.45) is 0. The molecule has 0 aliphatic carbocycles. The first-order valence-corrected chi connectivity index (χ1v) is 6.36. The van der Waals surface area contributed by atoms with Crippen molar-refractivity contribution >= 4 is 32.9 Å². The number of anilines is 1. The van der Waals surface area contributed by atoms with Crippen LogP contribution in [0.1, 0.15) is 6.92 Å². The first-order chi connectivity index (χ1) is 8.63. The van der Waals surface area contributed by atoms with Crippen molar-refractivity contribution in [2.45, 2.75) is 6.92 Å². The molecule has 6 nitrogen and oxygen atoms in total. The topological polar surface area (TPSA) is 88.3 Å². The van der Waals surface area contributed by atoms with Crippen molar-refractivity contribution in [1.29, 1.82) is 0 Å². The highest BCUT2D eigenvalue weighted by atomic mass is 32.1. The number of aliphatic hydroxyl groups is 1. The maximum Gasteiger partial charge on any atom is 0.319 e. The Bertz CT molecular complexity index is 570. The highest BCUT2D eigenvalue weighted by molar-refractivity contribution is 7.16. The lowest BCUT2D eigenvalue weighted by Gasteiger charge is -2.11. The van der Waals surface area contributed by atoms with Crippen LogP contribution >= 0.6 is 11.3 Å². The van der Waals surface area contributed by atoms with Gasteiger partial charge in [0.15, 0.2) is 5.52 Å². The minimum absolute atomic E-state index is 0.00103. The zero-order chi connectivity index (χ0) is 13.1. The molecule has 2 rings (SSSR count). The molecule has 0 fully saturated rings. The van der Waals surface area contributed by atoms with Crippen LogP contribution in [0.2, 0.25) is 0 Å². The van der Waals surface area contributed by atoms with Gasteiger partial charge in [-0.05, 0) is 18.1 Å². The summed E-state index contributed by atoms with van der Waals surface area (Å²) in [7, 11) is 0. The van der Waals surface area contributed by atoms with Crippen LogP contribution < -0.4 is 5.32 Å². The van der Waals surface area contributed by atoms with Crippen LogP contribution in [0.5, 0.6) is 0 Å². The predicted molar refractivity (Wildman–Crippen MR) is 71.0 cm³/mol. The monoisotopic (exact) mass is 267 g/mol. The average molecular weight is 267 g/mol. The summed E-state index contributed by atoms with van der Waals surface area (Å²) in [5.74, 6) is 0.0377. The summed E-state index contributed by atoms with van der Waals surface area (Å²) in [5, 5.41) is 23.1. The van der Waals surface area contributed by atoms with Gasteiger partial charge in [0.1, 0.15) is 5.69 Å². The lowest BCUT2D eigenvalue weighted by molar-refractivity contribution is -0.382. The van der Waals surface area contributed by atoms with Gasteiger partial charge in [0, 0.05) is 13.2 Å². The Labute approximate surface area is 107 Å². The standard InChI is InChI=1S/C11H13N3O3S/c1-7(5-15)4-12-8-2-3-9-10(13-6-18-9)11(8)14(16)17/h2-3,6-7,12,15H,4-5H2,1H3. The van der Waals surface area contributed by atoms with Crippen molar-refractivity contribution in [2.75, 3.05) is 18.5 Å². The molecule has 18 heavy (non-hydrogen) atoms. The molecule has 1 heterocycles. The van der Waals surface area contributed by atoms with Gasteiger partial charge in [-0.25, -0.2) is 4.98 Å². The molecule has 96 valence electrons. The van der Waals surface area contributed by atoms with Gasteiger partial charge in [-0.2, -0.15) is 0 Å². The Balaban J connectivity index is 2.37. The van der Waals surface area contributed by atoms with E-state index in [0.717, 1.165) is 4.70 Å². The molecule has 0 aliphatic rings. The van der Waals surface area contributed by atoms with Crippen LogP contribution in [0.4, 0.5) is 11.4 Å². The van der Waals surface area contributed by atoms with E-state index in [4.69, 9.17) is 5.11 Å². The van der Waals surface area contributed by atoms with E-state index in [-0.39, 0.29) is 18.2 Å². The van der Waals surface area contributed by atoms with Crippen LogP contribution in [0, 0.1) is 16.0 Å². The maximum absolute atomic E-state index is 11.1. The number of hydrogen-bond donors (Lipinski definition) is 2. The second-order valence-corrected chi connectivity index (χ2v) is 4.97. The number of benzene rings is 1. The number of thiazole rings is 1. The summed E-state index contributed by atoms with van der Waals surface area (Å²) in [4.78, 5) is 14.7. The maximum atomic E-state index is 11.1. The molecule has 7 heteroatoms. The van der Waals surface area contributed by atoms with Crippen molar-refractivity contribution in [3.63, 3.8) is 0 Å². The lowest BCUT2D eigenvalue weighted by Crippen LogP contribution is -2.15. The highest BCUT2D eigenvalue weighted by Crippen LogP contribution is 2.34. The summed E-state index contributed by atoms with van der Waals surface area (Å²) in [6, 6.07) is 3.49. The van der Waals surface area contributed by atoms with Crippen LogP contribution in [-0.4, -0.2) is 28.2 Å². The third-order valence-corrected chi connectivity index (χ3v) is 3.41. The fourth-order valence-electron chi connectivity index (χ4n) is 1.59. The summed E-state index contributed by atoms with van der Waals surface area (Å²) < 4.78 is 0.794. The van der Waals surface area contributed by atoms with Crippen LogP contribution in [0.25, 0.3) is 10.2 Å². The molecule has 0 saturated heterocycles. The van der Waals surface area contributed by atoms with E-state index in [9.17, 15) is 10.1 Å². The first kappa shape index (κ1) is 12.7. The third kappa shape index (κ3) is 2.41. The van der Waals surface area contributed by atoms with Crippen molar-refractivity contribution in [2.24, 2.45) is 5.92 Å². The fourth-order valence-corrected chi connectivity index (χ4v) is 2.27. The Morgan fingerprint density at radius 1 is 1.61 bits per heavy atom. The number of aromatic nitrogens is 1. The molecule has 2 aromatic rings. The van der Waals surface area contributed by atoms with Gasteiger partial charge in [-0.3, -0.25) is 10.1 Å². The molecular weight excluding hydrogens is 254 g/mol. The molecule has 0 bridgehead atoms. The molecule has 0 spiro atoms. The van der Waals surface area contributed by atoms with Crippen molar-refractivity contribution < 1.29 is 10.0 Å². The van der Waals surface area contributed by atoms with E-state index in [2.05, 4.69) is 10.3 Å². The largest absolute Gasteiger partial charge is 0.396 e. The number of nitrogens with zero attached hydrogens (tertiary/aromatic N) is 2.